The first-order valence-electron chi connectivity index (χ1n) is 5.15. The molecular weight excluding hydrogens is 256 g/mol. The van der Waals surface area contributed by atoms with Gasteiger partial charge in [0.2, 0.25) is 0 Å². The smallest absolute Gasteiger partial charge is 0.158 e. The summed E-state index contributed by atoms with van der Waals surface area (Å²) in [6.07, 6.45) is 7.38. The fraction of sp³-hybridized carbons (Fsp3) is 0.455. The molecule has 0 bridgehead atoms. The summed E-state index contributed by atoms with van der Waals surface area (Å²) in [6.45, 7) is 2.84. The van der Waals surface area contributed by atoms with Crippen LogP contribution < -0.4 is 0 Å². The fourth-order valence-corrected chi connectivity index (χ4v) is 1.88. The number of hydrogen-bond donors (Lipinski definition) is 0. The molecule has 1 aliphatic carbocycles. The average Bonchev–Trinajstić information content (AvgIpc) is 3.01. The molecule has 1 heterocycles. The molecule has 1 aliphatic rings. The Hall–Kier alpha value is -0.900. The van der Waals surface area contributed by atoms with Crippen LogP contribution in [0.5, 0.6) is 0 Å². The number of nitrogens with zero attached hydrogens (tertiary/aromatic N) is 2. The number of carbonyl (C=O) groups excluding carboxylic acids is 1. The average molecular weight is 269 g/mol. The third-order valence-corrected chi connectivity index (χ3v) is 3.13. The van der Waals surface area contributed by atoms with Gasteiger partial charge in [-0.25, -0.2) is 0 Å². The van der Waals surface area contributed by atoms with Crippen LogP contribution in [0.2, 0.25) is 0 Å². The molecule has 1 fully saturated rings. The number of allylic oxidation sites excluding steroid dienone is 1. The first-order valence-corrected chi connectivity index (χ1v) is 5.95. The van der Waals surface area contributed by atoms with Crippen LogP contribution in [-0.2, 0) is 11.3 Å². The Kier molecular flexibility index (Phi) is 3.05. The van der Waals surface area contributed by atoms with Crippen LogP contribution in [0, 0.1) is 5.92 Å². The van der Waals surface area contributed by atoms with Crippen LogP contribution in [0.25, 0.3) is 6.08 Å². The second kappa shape index (κ2) is 4.31. The Balaban J connectivity index is 2.14. The highest BCUT2D eigenvalue weighted by atomic mass is 79.9. The number of aromatic nitrogens is 2. The van der Waals surface area contributed by atoms with Crippen LogP contribution in [-0.4, -0.2) is 15.6 Å². The molecule has 0 unspecified atom stereocenters. The second-order valence-electron chi connectivity index (χ2n) is 3.70. The minimum Gasteiger partial charge on any atom is -0.295 e. The summed E-state index contributed by atoms with van der Waals surface area (Å²) in [4.78, 5) is 11.5. The molecule has 0 aromatic carbocycles. The van der Waals surface area contributed by atoms with Crippen molar-refractivity contribution in [1.82, 2.24) is 9.78 Å². The van der Waals surface area contributed by atoms with Crippen molar-refractivity contribution < 1.29 is 4.79 Å². The first-order chi connectivity index (χ1) is 7.22. The molecule has 0 spiro atoms. The quantitative estimate of drug-likeness (QED) is 0.787. The lowest BCUT2D eigenvalue weighted by Gasteiger charge is -1.99. The van der Waals surface area contributed by atoms with Gasteiger partial charge in [-0.3, -0.25) is 9.48 Å². The highest BCUT2D eigenvalue weighted by molar-refractivity contribution is 9.10. The van der Waals surface area contributed by atoms with Crippen molar-refractivity contribution >= 4 is 27.8 Å². The third kappa shape index (κ3) is 2.37. The zero-order chi connectivity index (χ0) is 10.8. The predicted molar refractivity (Wildman–Crippen MR) is 62.4 cm³/mol. The molecule has 0 radical (unpaired) electrons. The maximum absolute atomic E-state index is 11.5. The highest BCUT2D eigenvalue weighted by Crippen LogP contribution is 2.30. The molecule has 0 N–H and O–H groups in total. The zero-order valence-electron chi connectivity index (χ0n) is 8.61. The Labute approximate surface area is 97.3 Å². The van der Waals surface area contributed by atoms with E-state index in [1.807, 2.05) is 17.7 Å². The van der Waals surface area contributed by atoms with E-state index in [1.54, 1.807) is 12.3 Å². The van der Waals surface area contributed by atoms with E-state index in [0.717, 1.165) is 29.6 Å². The minimum atomic E-state index is 0.241. The van der Waals surface area contributed by atoms with Gasteiger partial charge in [-0.15, -0.1) is 0 Å². The van der Waals surface area contributed by atoms with E-state index in [-0.39, 0.29) is 11.7 Å². The fourth-order valence-electron chi connectivity index (χ4n) is 1.45. The summed E-state index contributed by atoms with van der Waals surface area (Å²) in [7, 11) is 0. The van der Waals surface area contributed by atoms with Gasteiger partial charge in [-0.05, 0) is 47.8 Å². The second-order valence-corrected chi connectivity index (χ2v) is 4.56. The van der Waals surface area contributed by atoms with Gasteiger partial charge in [-0.2, -0.15) is 5.10 Å². The molecule has 1 aromatic rings. The number of ketones is 1. The number of hydrogen-bond acceptors (Lipinski definition) is 2. The summed E-state index contributed by atoms with van der Waals surface area (Å²) >= 11 is 3.41. The highest BCUT2D eigenvalue weighted by Gasteiger charge is 2.27. The molecule has 1 aromatic heterocycles. The summed E-state index contributed by atoms with van der Waals surface area (Å²) in [5.74, 6) is 0.531. The van der Waals surface area contributed by atoms with Crippen LogP contribution in [0.1, 0.15) is 25.5 Å². The van der Waals surface area contributed by atoms with E-state index >= 15 is 0 Å². The molecule has 3 nitrogen and oxygen atoms in total. The van der Waals surface area contributed by atoms with E-state index in [2.05, 4.69) is 21.0 Å². The molecule has 1 saturated carbocycles. The van der Waals surface area contributed by atoms with Gasteiger partial charge in [0.1, 0.15) is 0 Å². The zero-order valence-corrected chi connectivity index (χ0v) is 10.2. The molecule has 0 amide bonds. The molecule has 0 saturated heterocycles. The monoisotopic (exact) mass is 268 g/mol. The summed E-state index contributed by atoms with van der Waals surface area (Å²) < 4.78 is 2.80. The molecule has 2 rings (SSSR count). The van der Waals surface area contributed by atoms with Gasteiger partial charge in [0, 0.05) is 12.5 Å². The van der Waals surface area contributed by atoms with Crippen molar-refractivity contribution in [2.24, 2.45) is 5.92 Å². The normalized spacial score (nSPS) is 16.1. The van der Waals surface area contributed by atoms with Crippen molar-refractivity contribution in [2.45, 2.75) is 26.3 Å². The minimum absolute atomic E-state index is 0.241. The maximum Gasteiger partial charge on any atom is 0.158 e. The summed E-state index contributed by atoms with van der Waals surface area (Å²) in [5, 5.41) is 4.18. The van der Waals surface area contributed by atoms with Crippen LogP contribution in [0.15, 0.2) is 16.7 Å². The molecule has 0 aliphatic heterocycles. The molecular formula is C11H13BrN2O. The lowest BCUT2D eigenvalue weighted by Crippen LogP contribution is -2.00. The molecule has 4 heteroatoms. The number of carbonyl (C=O) groups is 1. The van der Waals surface area contributed by atoms with Crippen LogP contribution >= 0.6 is 15.9 Å². The largest absolute Gasteiger partial charge is 0.295 e. The first kappa shape index (κ1) is 10.6. The Morgan fingerprint density at radius 3 is 3.07 bits per heavy atom. The maximum atomic E-state index is 11.5. The SMILES string of the molecule is CCn1ncc(Br)c1/C=C/C(=O)C1CC1. The van der Waals surface area contributed by atoms with Crippen LogP contribution in [0.4, 0.5) is 0 Å². The van der Waals surface area contributed by atoms with E-state index in [9.17, 15) is 4.79 Å². The van der Waals surface area contributed by atoms with Crippen molar-refractivity contribution in [1.29, 1.82) is 0 Å². The Bertz CT molecular complexity index is 405. The standard InChI is InChI=1S/C11H13BrN2O/c1-2-14-10(9(12)7-13-14)5-6-11(15)8-3-4-8/h5-8H,2-4H2,1H3/b6-5+. The van der Waals surface area contributed by atoms with Gasteiger partial charge in [0.25, 0.3) is 0 Å². The summed E-state index contributed by atoms with van der Waals surface area (Å²) in [5.41, 5.74) is 0.964. The van der Waals surface area contributed by atoms with E-state index < -0.39 is 0 Å². The van der Waals surface area contributed by atoms with E-state index in [4.69, 9.17) is 0 Å². The predicted octanol–water partition coefficient (Wildman–Crippen LogP) is 2.66. The summed E-state index contributed by atoms with van der Waals surface area (Å²) in [6, 6.07) is 0. The van der Waals surface area contributed by atoms with Crippen molar-refractivity contribution in [2.75, 3.05) is 0 Å². The number of halogens is 1. The molecule has 0 atom stereocenters. The lowest BCUT2D eigenvalue weighted by atomic mass is 10.2. The topological polar surface area (TPSA) is 34.9 Å². The van der Waals surface area contributed by atoms with Gasteiger partial charge in [0.05, 0.1) is 16.4 Å². The lowest BCUT2D eigenvalue weighted by molar-refractivity contribution is -0.115. The third-order valence-electron chi connectivity index (χ3n) is 2.52. The van der Waals surface area contributed by atoms with Gasteiger partial charge < -0.3 is 0 Å². The van der Waals surface area contributed by atoms with Gasteiger partial charge in [0.15, 0.2) is 5.78 Å². The van der Waals surface area contributed by atoms with Crippen LogP contribution in [0.3, 0.4) is 0 Å². The van der Waals surface area contributed by atoms with Crippen molar-refractivity contribution in [3.8, 4) is 0 Å². The number of aryl methyl sites for hydroxylation is 1. The number of rotatable bonds is 4. The molecule has 80 valence electrons. The van der Waals surface area contributed by atoms with Gasteiger partial charge >= 0.3 is 0 Å². The van der Waals surface area contributed by atoms with Crippen molar-refractivity contribution in [3.63, 3.8) is 0 Å². The Morgan fingerprint density at radius 2 is 2.47 bits per heavy atom. The van der Waals surface area contributed by atoms with E-state index in [1.165, 1.54) is 0 Å². The van der Waals surface area contributed by atoms with Crippen molar-refractivity contribution in [3.05, 3.63) is 22.4 Å². The molecule has 15 heavy (non-hydrogen) atoms. The van der Waals surface area contributed by atoms with E-state index in [0.29, 0.717) is 0 Å². The van der Waals surface area contributed by atoms with Gasteiger partial charge in [-0.1, -0.05) is 0 Å². The Morgan fingerprint density at radius 1 is 1.73 bits per heavy atom.